The maximum absolute atomic E-state index is 13.2. The van der Waals surface area contributed by atoms with Crippen LogP contribution in [0.25, 0.3) is 10.9 Å². The average Bonchev–Trinajstić information content (AvgIpc) is 3.45. The van der Waals surface area contributed by atoms with E-state index in [4.69, 9.17) is 14.2 Å². The molecule has 1 aromatic heterocycles. The van der Waals surface area contributed by atoms with Crippen molar-refractivity contribution in [2.45, 2.75) is 17.4 Å². The standard InChI is InChI=1S/C26H28N4O7S/c1-35-22-16-19(25(31)29-11-13-30(14-12-29)26(32)37-20-9-15-36-17-20)7-8-21(22)28-38(33,34)23-6-2-4-18-5-3-10-27-24(18)23/h2-8,10,16,20,28H,9,11-15,17H2,1H3/t20-/m1/s1. The number of aromatic nitrogens is 1. The van der Waals surface area contributed by atoms with Crippen LogP contribution in [0.5, 0.6) is 5.75 Å². The molecule has 2 aliphatic heterocycles. The number of sulfonamides is 1. The summed E-state index contributed by atoms with van der Waals surface area (Å²) in [5.41, 5.74) is 0.893. The minimum absolute atomic E-state index is 0.0367. The molecular formula is C26H28N4O7S. The highest BCUT2D eigenvalue weighted by Gasteiger charge is 2.29. The summed E-state index contributed by atoms with van der Waals surface area (Å²) >= 11 is 0. The number of pyridine rings is 1. The molecule has 1 atom stereocenters. The summed E-state index contributed by atoms with van der Waals surface area (Å²) in [6.07, 6.45) is 1.61. The molecule has 12 heteroatoms. The third-order valence-electron chi connectivity index (χ3n) is 6.56. The fourth-order valence-electron chi connectivity index (χ4n) is 4.50. The molecule has 0 radical (unpaired) electrons. The molecule has 3 heterocycles. The Balaban J connectivity index is 1.26. The highest BCUT2D eigenvalue weighted by Crippen LogP contribution is 2.30. The van der Waals surface area contributed by atoms with Gasteiger partial charge in [-0.05, 0) is 30.3 Å². The first-order valence-corrected chi connectivity index (χ1v) is 13.7. The fourth-order valence-corrected chi connectivity index (χ4v) is 5.75. The molecule has 2 aromatic carbocycles. The number of amides is 2. The summed E-state index contributed by atoms with van der Waals surface area (Å²) in [6, 6.07) is 13.0. The SMILES string of the molecule is COc1cc(C(=O)N2CCN(C(=O)O[C@@H]3CCOC3)CC2)ccc1NS(=O)(=O)c1cccc2cccnc12. The summed E-state index contributed by atoms with van der Waals surface area (Å²) in [5.74, 6) is -0.0400. The molecule has 0 bridgehead atoms. The quantitative estimate of drug-likeness (QED) is 0.506. The van der Waals surface area contributed by atoms with Crippen molar-refractivity contribution in [1.82, 2.24) is 14.8 Å². The Morgan fingerprint density at radius 1 is 1.05 bits per heavy atom. The fraction of sp³-hybridized carbons (Fsp3) is 0.346. The predicted octanol–water partition coefficient (Wildman–Crippen LogP) is 2.73. The molecule has 5 rings (SSSR count). The van der Waals surface area contributed by atoms with Crippen molar-refractivity contribution in [3.8, 4) is 5.75 Å². The first-order valence-electron chi connectivity index (χ1n) is 12.2. The second-order valence-corrected chi connectivity index (χ2v) is 10.7. The van der Waals surface area contributed by atoms with Gasteiger partial charge in [0.25, 0.3) is 15.9 Å². The van der Waals surface area contributed by atoms with Gasteiger partial charge in [0.1, 0.15) is 16.7 Å². The number of hydrogen-bond acceptors (Lipinski definition) is 8. The highest BCUT2D eigenvalue weighted by molar-refractivity contribution is 7.93. The van der Waals surface area contributed by atoms with Crippen molar-refractivity contribution < 1.29 is 32.2 Å². The Morgan fingerprint density at radius 2 is 1.82 bits per heavy atom. The molecule has 38 heavy (non-hydrogen) atoms. The second kappa shape index (κ2) is 10.8. The number of benzene rings is 2. The van der Waals surface area contributed by atoms with Crippen molar-refractivity contribution in [2.75, 3.05) is 51.2 Å². The summed E-state index contributed by atoms with van der Waals surface area (Å²) in [6.45, 7) is 2.40. The summed E-state index contributed by atoms with van der Waals surface area (Å²) < 4.78 is 45.1. The Labute approximate surface area is 220 Å². The van der Waals surface area contributed by atoms with E-state index in [0.717, 1.165) is 0 Å². The van der Waals surface area contributed by atoms with Gasteiger partial charge in [-0.3, -0.25) is 14.5 Å². The van der Waals surface area contributed by atoms with E-state index in [0.29, 0.717) is 62.3 Å². The minimum atomic E-state index is -3.99. The number of piperazine rings is 1. The largest absolute Gasteiger partial charge is 0.495 e. The van der Waals surface area contributed by atoms with Gasteiger partial charge < -0.3 is 24.0 Å². The van der Waals surface area contributed by atoms with E-state index in [1.807, 2.05) is 0 Å². The number of ether oxygens (including phenoxy) is 3. The van der Waals surface area contributed by atoms with Crippen molar-refractivity contribution >= 4 is 38.6 Å². The molecule has 200 valence electrons. The number of anilines is 1. The van der Waals surface area contributed by atoms with Gasteiger partial charge >= 0.3 is 6.09 Å². The van der Waals surface area contributed by atoms with Crippen LogP contribution in [0.3, 0.4) is 0 Å². The zero-order valence-corrected chi connectivity index (χ0v) is 21.6. The number of nitrogens with zero attached hydrogens (tertiary/aromatic N) is 3. The lowest BCUT2D eigenvalue weighted by Gasteiger charge is -2.34. The Morgan fingerprint density at radius 3 is 2.55 bits per heavy atom. The molecule has 0 saturated carbocycles. The zero-order chi connectivity index (χ0) is 26.7. The molecular weight excluding hydrogens is 512 g/mol. The van der Waals surface area contributed by atoms with E-state index < -0.39 is 16.1 Å². The van der Waals surface area contributed by atoms with Crippen LogP contribution in [-0.4, -0.2) is 87.8 Å². The van der Waals surface area contributed by atoms with Crippen LogP contribution in [0.4, 0.5) is 10.5 Å². The van der Waals surface area contributed by atoms with Gasteiger partial charge in [-0.2, -0.15) is 0 Å². The van der Waals surface area contributed by atoms with E-state index in [1.54, 1.807) is 40.1 Å². The second-order valence-electron chi connectivity index (χ2n) is 9.00. The van der Waals surface area contributed by atoms with Crippen molar-refractivity contribution in [3.05, 3.63) is 60.3 Å². The Kier molecular flexibility index (Phi) is 7.34. The van der Waals surface area contributed by atoms with Crippen molar-refractivity contribution in [3.63, 3.8) is 0 Å². The third kappa shape index (κ3) is 5.36. The van der Waals surface area contributed by atoms with Crippen LogP contribution < -0.4 is 9.46 Å². The minimum Gasteiger partial charge on any atom is -0.495 e. The van der Waals surface area contributed by atoms with Gasteiger partial charge in [0.2, 0.25) is 0 Å². The molecule has 2 saturated heterocycles. The molecule has 2 fully saturated rings. The van der Waals surface area contributed by atoms with Gasteiger partial charge in [0.15, 0.2) is 0 Å². The number of rotatable bonds is 6. The maximum atomic E-state index is 13.2. The molecule has 3 aromatic rings. The van der Waals surface area contributed by atoms with E-state index in [9.17, 15) is 18.0 Å². The molecule has 0 aliphatic carbocycles. The van der Waals surface area contributed by atoms with Gasteiger partial charge in [0.05, 0.1) is 31.5 Å². The van der Waals surface area contributed by atoms with Crippen LogP contribution in [-0.2, 0) is 19.5 Å². The smallest absolute Gasteiger partial charge is 0.410 e. The number of para-hydroxylation sites is 1. The number of nitrogens with one attached hydrogen (secondary N) is 1. The van der Waals surface area contributed by atoms with Crippen LogP contribution in [0.15, 0.2) is 59.6 Å². The molecule has 2 aliphatic rings. The van der Waals surface area contributed by atoms with Crippen molar-refractivity contribution in [2.24, 2.45) is 0 Å². The molecule has 2 amide bonds. The topological polar surface area (TPSA) is 127 Å². The first kappa shape index (κ1) is 25.7. The van der Waals surface area contributed by atoms with Gasteiger partial charge in [-0.25, -0.2) is 13.2 Å². The number of methoxy groups -OCH3 is 1. The Hall–Kier alpha value is -3.90. The van der Waals surface area contributed by atoms with E-state index in [2.05, 4.69) is 9.71 Å². The van der Waals surface area contributed by atoms with Crippen LogP contribution in [0.1, 0.15) is 16.8 Å². The monoisotopic (exact) mass is 540 g/mol. The maximum Gasteiger partial charge on any atom is 0.410 e. The summed E-state index contributed by atoms with van der Waals surface area (Å²) in [5, 5.41) is 0.698. The molecule has 0 spiro atoms. The predicted molar refractivity (Wildman–Crippen MR) is 139 cm³/mol. The van der Waals surface area contributed by atoms with Gasteiger partial charge in [0, 0.05) is 49.7 Å². The van der Waals surface area contributed by atoms with E-state index in [-0.39, 0.29) is 28.3 Å². The van der Waals surface area contributed by atoms with E-state index in [1.165, 1.54) is 31.5 Å². The number of carbonyl (C=O) groups is 2. The van der Waals surface area contributed by atoms with Crippen LogP contribution in [0, 0.1) is 0 Å². The number of carbonyl (C=O) groups excluding carboxylic acids is 2. The van der Waals surface area contributed by atoms with E-state index >= 15 is 0 Å². The lowest BCUT2D eigenvalue weighted by Crippen LogP contribution is -2.51. The lowest BCUT2D eigenvalue weighted by molar-refractivity contribution is 0.0370. The van der Waals surface area contributed by atoms with Gasteiger partial charge in [-0.15, -0.1) is 0 Å². The van der Waals surface area contributed by atoms with Gasteiger partial charge in [-0.1, -0.05) is 18.2 Å². The lowest BCUT2D eigenvalue weighted by atomic mass is 10.1. The zero-order valence-electron chi connectivity index (χ0n) is 20.8. The Bertz CT molecular complexity index is 1440. The normalized spacial score (nSPS) is 17.9. The molecule has 11 nitrogen and oxygen atoms in total. The number of hydrogen-bond donors (Lipinski definition) is 1. The summed E-state index contributed by atoms with van der Waals surface area (Å²) in [4.78, 5) is 33.0. The summed E-state index contributed by atoms with van der Waals surface area (Å²) in [7, 11) is -2.59. The average molecular weight is 541 g/mol. The van der Waals surface area contributed by atoms with Crippen molar-refractivity contribution in [1.29, 1.82) is 0 Å². The molecule has 1 N–H and O–H groups in total. The van der Waals surface area contributed by atoms with Crippen LogP contribution in [0.2, 0.25) is 0 Å². The highest BCUT2D eigenvalue weighted by atomic mass is 32.2. The van der Waals surface area contributed by atoms with Crippen LogP contribution >= 0.6 is 0 Å². The third-order valence-corrected chi connectivity index (χ3v) is 7.96. The number of fused-ring (bicyclic) bond motifs is 1. The molecule has 0 unspecified atom stereocenters. The first-order chi connectivity index (χ1) is 18.4.